The Morgan fingerprint density at radius 2 is 1.94 bits per heavy atom. The van der Waals surface area contributed by atoms with Gasteiger partial charge in [0.2, 0.25) is 5.78 Å². The third-order valence-corrected chi connectivity index (χ3v) is 6.99. The molecule has 1 amide bonds. The van der Waals surface area contributed by atoms with E-state index in [0.29, 0.717) is 22.3 Å². The lowest BCUT2D eigenvalue weighted by Crippen LogP contribution is -2.31. The van der Waals surface area contributed by atoms with Crippen LogP contribution in [0.1, 0.15) is 22.2 Å². The molecule has 178 valence electrons. The Labute approximate surface area is 211 Å². The lowest BCUT2D eigenvalue weighted by molar-refractivity contribution is -0.117. The number of Topliss-reactive ketones (excluding diaryl/α,β-unsaturated/α-hetero) is 1. The number of phenolic OH excluding ortho intramolecular Hbond substituents is 1. The van der Waals surface area contributed by atoms with E-state index in [1.165, 1.54) is 48.8 Å². The van der Waals surface area contributed by atoms with Crippen LogP contribution in [0.25, 0.3) is 11.0 Å². The highest BCUT2D eigenvalue weighted by atomic mass is 79.9. The first-order valence-corrected chi connectivity index (χ1v) is 11.9. The first kappa shape index (κ1) is 22.9. The Morgan fingerprint density at radius 1 is 1.17 bits per heavy atom. The summed E-state index contributed by atoms with van der Waals surface area (Å²) in [6, 6.07) is 8.71. The number of fused-ring (bicyclic) bond motifs is 1. The molecule has 2 aromatic heterocycles. The van der Waals surface area contributed by atoms with Gasteiger partial charge in [-0.3, -0.25) is 14.5 Å². The number of rotatable bonds is 6. The topological polar surface area (TPSA) is 122 Å². The fraction of sp³-hybridized carbons (Fsp3) is 0.125. The largest absolute Gasteiger partial charge is 0.503 e. The van der Waals surface area contributed by atoms with E-state index < -0.39 is 23.5 Å². The van der Waals surface area contributed by atoms with Crippen LogP contribution in [0.15, 0.2) is 68.2 Å². The van der Waals surface area contributed by atoms with Crippen LogP contribution in [0.5, 0.6) is 17.2 Å². The van der Waals surface area contributed by atoms with Gasteiger partial charge >= 0.3 is 0 Å². The molecule has 1 atom stereocenters. The summed E-state index contributed by atoms with van der Waals surface area (Å²) in [6.45, 7) is 0. The summed E-state index contributed by atoms with van der Waals surface area (Å²) in [7, 11) is 2.87. The smallest absolute Gasteiger partial charge is 0.296 e. The Bertz CT molecular complexity index is 1510. The van der Waals surface area contributed by atoms with Gasteiger partial charge in [-0.1, -0.05) is 12.1 Å². The number of benzene rings is 2. The zero-order chi connectivity index (χ0) is 24.9. The zero-order valence-electron chi connectivity index (χ0n) is 18.3. The Hall–Kier alpha value is -3.83. The van der Waals surface area contributed by atoms with Gasteiger partial charge in [-0.2, -0.15) is 0 Å². The first-order chi connectivity index (χ1) is 16.8. The number of anilines is 1. The summed E-state index contributed by atoms with van der Waals surface area (Å²) in [5, 5.41) is 23.8. The molecule has 1 unspecified atom stereocenters. The average molecular weight is 557 g/mol. The van der Waals surface area contributed by atoms with Crippen molar-refractivity contribution in [2.24, 2.45) is 0 Å². The number of carbonyl (C=O) groups is 2. The molecule has 1 aliphatic heterocycles. The monoisotopic (exact) mass is 556 g/mol. The number of para-hydroxylation sites is 1. The van der Waals surface area contributed by atoms with Gasteiger partial charge in [0.25, 0.3) is 5.91 Å². The number of aromatic nitrogens is 1. The number of hydrogen-bond acceptors (Lipinski definition) is 9. The molecule has 9 nitrogen and oxygen atoms in total. The third-order valence-electron chi connectivity index (χ3n) is 5.62. The molecule has 4 aromatic rings. The number of methoxy groups -OCH3 is 2. The first-order valence-electron chi connectivity index (χ1n) is 10.2. The predicted molar refractivity (Wildman–Crippen MR) is 131 cm³/mol. The van der Waals surface area contributed by atoms with Gasteiger partial charge in [0.05, 0.1) is 30.3 Å². The summed E-state index contributed by atoms with van der Waals surface area (Å²) < 4.78 is 16.7. The summed E-state index contributed by atoms with van der Waals surface area (Å²) in [6.07, 6.45) is 1.51. The third kappa shape index (κ3) is 3.63. The van der Waals surface area contributed by atoms with Crippen LogP contribution in [-0.4, -0.2) is 41.1 Å². The van der Waals surface area contributed by atoms with E-state index in [4.69, 9.17) is 13.9 Å². The Kier molecular flexibility index (Phi) is 5.73. The minimum absolute atomic E-state index is 0.0744. The summed E-state index contributed by atoms with van der Waals surface area (Å²) >= 11 is 4.46. The second kappa shape index (κ2) is 8.75. The minimum atomic E-state index is -1.07. The van der Waals surface area contributed by atoms with Crippen molar-refractivity contribution in [3.8, 4) is 17.2 Å². The van der Waals surface area contributed by atoms with Crippen molar-refractivity contribution in [1.29, 1.82) is 0 Å². The normalized spacial score (nSPS) is 15.8. The van der Waals surface area contributed by atoms with E-state index in [9.17, 15) is 19.8 Å². The van der Waals surface area contributed by atoms with Crippen LogP contribution in [0.2, 0.25) is 0 Å². The number of furan rings is 1. The number of aromatic hydroxyl groups is 1. The molecule has 0 saturated heterocycles. The number of phenols is 1. The van der Waals surface area contributed by atoms with Crippen LogP contribution in [0.4, 0.5) is 5.13 Å². The van der Waals surface area contributed by atoms with Crippen LogP contribution in [0, 0.1) is 0 Å². The van der Waals surface area contributed by atoms with Crippen molar-refractivity contribution in [2.75, 3.05) is 19.1 Å². The van der Waals surface area contributed by atoms with E-state index in [1.54, 1.807) is 29.6 Å². The molecule has 0 saturated carbocycles. The standard InChI is InChI=1S/C24H17BrN2O7S/c1-32-14-5-3-4-11-9-16(34-22(11)14)20(29)17-18(12-8-13(25)19(28)15(10-12)33-2)27(23(31)21(17)30)24-26-6-7-35-24/h3-10,18,28,30H,1-2H3. The molecular formula is C24H17BrN2O7S. The molecular weight excluding hydrogens is 540 g/mol. The van der Waals surface area contributed by atoms with Crippen molar-refractivity contribution in [2.45, 2.75) is 6.04 Å². The van der Waals surface area contributed by atoms with Crippen LogP contribution in [0.3, 0.4) is 0 Å². The van der Waals surface area contributed by atoms with Crippen LogP contribution < -0.4 is 14.4 Å². The molecule has 2 N–H and O–H groups in total. The molecule has 0 fully saturated rings. The molecule has 2 aromatic carbocycles. The molecule has 11 heteroatoms. The molecule has 0 spiro atoms. The van der Waals surface area contributed by atoms with Gasteiger partial charge in [-0.05, 0) is 45.8 Å². The number of aliphatic hydroxyl groups excluding tert-OH is 1. The lowest BCUT2D eigenvalue weighted by atomic mass is 9.95. The van der Waals surface area contributed by atoms with Crippen molar-refractivity contribution in [1.82, 2.24) is 4.98 Å². The predicted octanol–water partition coefficient (Wildman–Crippen LogP) is 5.16. The number of nitrogens with zero attached hydrogens (tertiary/aromatic N) is 2. The van der Waals surface area contributed by atoms with E-state index in [2.05, 4.69) is 20.9 Å². The second-order valence-corrected chi connectivity index (χ2v) is 9.25. The van der Waals surface area contributed by atoms with E-state index >= 15 is 0 Å². The second-order valence-electron chi connectivity index (χ2n) is 7.53. The number of ketones is 1. The molecule has 35 heavy (non-hydrogen) atoms. The lowest BCUT2D eigenvalue weighted by Gasteiger charge is -2.25. The van der Waals surface area contributed by atoms with Crippen molar-refractivity contribution in [3.63, 3.8) is 0 Å². The maximum Gasteiger partial charge on any atom is 0.296 e. The number of amides is 1. The maximum atomic E-state index is 13.7. The SMILES string of the molecule is COc1cc(C2C(C(=O)c3cc4cccc(OC)c4o3)=C(O)C(=O)N2c2nccs2)cc(Br)c1O. The maximum absolute atomic E-state index is 13.7. The molecule has 1 aliphatic rings. The molecule has 3 heterocycles. The van der Waals surface area contributed by atoms with E-state index in [-0.39, 0.29) is 32.4 Å². The highest BCUT2D eigenvalue weighted by Gasteiger charge is 2.46. The zero-order valence-corrected chi connectivity index (χ0v) is 20.7. The van der Waals surface area contributed by atoms with Gasteiger partial charge < -0.3 is 24.1 Å². The summed E-state index contributed by atoms with van der Waals surface area (Å²) in [5.41, 5.74) is 0.573. The van der Waals surface area contributed by atoms with Crippen LogP contribution in [-0.2, 0) is 4.79 Å². The number of ether oxygens (including phenoxy) is 2. The summed E-state index contributed by atoms with van der Waals surface area (Å²) in [5.74, 6) is -1.85. The molecule has 0 radical (unpaired) electrons. The Balaban J connectivity index is 1.69. The van der Waals surface area contributed by atoms with E-state index in [1.807, 2.05) is 0 Å². The molecule has 0 aliphatic carbocycles. The molecule has 5 rings (SSSR count). The number of thiazole rings is 1. The van der Waals surface area contributed by atoms with Crippen molar-refractivity contribution >= 4 is 55.1 Å². The van der Waals surface area contributed by atoms with Gasteiger partial charge in [0.1, 0.15) is 0 Å². The van der Waals surface area contributed by atoms with Gasteiger partial charge in [0.15, 0.2) is 39.5 Å². The fourth-order valence-electron chi connectivity index (χ4n) is 4.03. The number of carbonyl (C=O) groups excluding carboxylic acids is 2. The quantitative estimate of drug-likeness (QED) is 0.312. The van der Waals surface area contributed by atoms with Gasteiger partial charge in [0, 0.05) is 17.0 Å². The van der Waals surface area contributed by atoms with Crippen molar-refractivity contribution in [3.05, 3.63) is 75.1 Å². The minimum Gasteiger partial charge on any atom is -0.503 e. The number of aliphatic hydroxyl groups is 1. The van der Waals surface area contributed by atoms with Gasteiger partial charge in [-0.15, -0.1) is 11.3 Å². The average Bonchev–Trinajstić information content (AvgIpc) is 3.59. The highest BCUT2D eigenvalue weighted by Crippen LogP contribution is 2.46. The van der Waals surface area contributed by atoms with E-state index in [0.717, 1.165) is 0 Å². The van der Waals surface area contributed by atoms with Gasteiger partial charge in [-0.25, -0.2) is 4.98 Å². The van der Waals surface area contributed by atoms with Crippen molar-refractivity contribution < 1.29 is 33.7 Å². The fourth-order valence-corrected chi connectivity index (χ4v) is 5.16. The Morgan fingerprint density at radius 3 is 2.63 bits per heavy atom. The highest BCUT2D eigenvalue weighted by molar-refractivity contribution is 9.10. The van der Waals surface area contributed by atoms with Crippen LogP contribution >= 0.6 is 27.3 Å². The molecule has 0 bridgehead atoms. The summed E-state index contributed by atoms with van der Waals surface area (Å²) in [4.78, 5) is 32.4. The number of hydrogen-bond donors (Lipinski definition) is 2. The number of halogens is 1.